The summed E-state index contributed by atoms with van der Waals surface area (Å²) >= 11 is 5.60. The van der Waals surface area contributed by atoms with Crippen LogP contribution in [0.3, 0.4) is 0 Å². The SMILES string of the molecule is CC(=N)c1nc(Cl)ccc1N. The first-order chi connectivity index (χ1) is 5.11. The van der Waals surface area contributed by atoms with Gasteiger partial charge in [0, 0.05) is 0 Å². The summed E-state index contributed by atoms with van der Waals surface area (Å²) in [6.45, 7) is 1.62. The molecular formula is C7H8ClN3. The molecule has 1 aromatic rings. The lowest BCUT2D eigenvalue weighted by molar-refractivity contribution is 1.27. The van der Waals surface area contributed by atoms with Gasteiger partial charge in [0.2, 0.25) is 0 Å². The third kappa shape index (κ3) is 1.68. The first kappa shape index (κ1) is 8.01. The van der Waals surface area contributed by atoms with Crippen LogP contribution in [0.15, 0.2) is 12.1 Å². The number of nitrogens with two attached hydrogens (primary N) is 1. The lowest BCUT2D eigenvalue weighted by Crippen LogP contribution is -2.02. The van der Waals surface area contributed by atoms with E-state index >= 15 is 0 Å². The molecule has 0 bridgehead atoms. The van der Waals surface area contributed by atoms with Crippen LogP contribution in [0.1, 0.15) is 12.6 Å². The van der Waals surface area contributed by atoms with E-state index in [-0.39, 0.29) is 0 Å². The van der Waals surface area contributed by atoms with E-state index in [0.717, 1.165) is 0 Å². The minimum absolute atomic E-state index is 0.324. The highest BCUT2D eigenvalue weighted by Gasteiger charge is 2.02. The third-order valence-electron chi connectivity index (χ3n) is 1.25. The van der Waals surface area contributed by atoms with Crippen molar-refractivity contribution in [2.24, 2.45) is 0 Å². The highest BCUT2D eigenvalue weighted by molar-refractivity contribution is 6.29. The fourth-order valence-electron chi connectivity index (χ4n) is 0.746. The van der Waals surface area contributed by atoms with Crippen molar-refractivity contribution in [2.45, 2.75) is 6.92 Å². The summed E-state index contributed by atoms with van der Waals surface area (Å²) in [5, 5.41) is 7.63. The van der Waals surface area contributed by atoms with Crippen molar-refractivity contribution in [2.75, 3.05) is 5.73 Å². The molecule has 3 nitrogen and oxygen atoms in total. The molecule has 0 saturated carbocycles. The van der Waals surface area contributed by atoms with Crippen LogP contribution in [0, 0.1) is 5.41 Å². The van der Waals surface area contributed by atoms with Crippen molar-refractivity contribution >= 4 is 23.0 Å². The molecule has 3 N–H and O–H groups in total. The maximum atomic E-state index is 7.27. The van der Waals surface area contributed by atoms with Crippen LogP contribution in [0.2, 0.25) is 5.15 Å². The van der Waals surface area contributed by atoms with Crippen LogP contribution in [-0.4, -0.2) is 10.7 Å². The molecule has 58 valence electrons. The van der Waals surface area contributed by atoms with Gasteiger partial charge in [0.25, 0.3) is 0 Å². The molecule has 0 saturated heterocycles. The molecule has 0 aliphatic heterocycles. The number of halogens is 1. The molecule has 0 aliphatic rings. The Morgan fingerprint density at radius 1 is 1.64 bits per heavy atom. The molecule has 1 rings (SSSR count). The van der Waals surface area contributed by atoms with Crippen molar-refractivity contribution in [1.82, 2.24) is 4.98 Å². The third-order valence-corrected chi connectivity index (χ3v) is 1.46. The fraction of sp³-hybridized carbons (Fsp3) is 0.143. The highest BCUT2D eigenvalue weighted by Crippen LogP contribution is 2.13. The predicted octanol–water partition coefficient (Wildman–Crippen LogP) is 1.70. The minimum atomic E-state index is 0.324. The number of aromatic nitrogens is 1. The van der Waals surface area contributed by atoms with Gasteiger partial charge in [-0.15, -0.1) is 0 Å². The molecule has 0 spiro atoms. The van der Waals surface area contributed by atoms with Crippen LogP contribution in [0.4, 0.5) is 5.69 Å². The van der Waals surface area contributed by atoms with Gasteiger partial charge in [0.1, 0.15) is 10.8 Å². The number of nitrogen functional groups attached to an aromatic ring is 1. The number of rotatable bonds is 1. The smallest absolute Gasteiger partial charge is 0.129 e. The van der Waals surface area contributed by atoms with Crippen LogP contribution in [0.5, 0.6) is 0 Å². The van der Waals surface area contributed by atoms with E-state index in [0.29, 0.717) is 22.2 Å². The summed E-state index contributed by atoms with van der Waals surface area (Å²) < 4.78 is 0. The van der Waals surface area contributed by atoms with Gasteiger partial charge in [-0.2, -0.15) is 0 Å². The van der Waals surface area contributed by atoms with E-state index in [9.17, 15) is 0 Å². The van der Waals surface area contributed by atoms with Crippen molar-refractivity contribution < 1.29 is 0 Å². The lowest BCUT2D eigenvalue weighted by Gasteiger charge is -2.01. The Bertz CT molecular complexity index is 296. The van der Waals surface area contributed by atoms with Crippen LogP contribution in [0.25, 0.3) is 0 Å². The zero-order valence-corrected chi connectivity index (χ0v) is 6.81. The van der Waals surface area contributed by atoms with Crippen LogP contribution in [-0.2, 0) is 0 Å². The first-order valence-electron chi connectivity index (χ1n) is 3.09. The Morgan fingerprint density at radius 3 is 2.73 bits per heavy atom. The fourth-order valence-corrected chi connectivity index (χ4v) is 0.894. The standard InChI is InChI=1S/C7H8ClN3/c1-4(9)7-5(10)2-3-6(8)11-7/h2-3,9H,10H2,1H3. The van der Waals surface area contributed by atoms with E-state index in [2.05, 4.69) is 4.98 Å². The van der Waals surface area contributed by atoms with Gasteiger partial charge < -0.3 is 11.1 Å². The van der Waals surface area contributed by atoms with Crippen molar-refractivity contribution in [1.29, 1.82) is 5.41 Å². The molecule has 0 fully saturated rings. The topological polar surface area (TPSA) is 62.8 Å². The molecule has 11 heavy (non-hydrogen) atoms. The van der Waals surface area contributed by atoms with Gasteiger partial charge in [-0.1, -0.05) is 11.6 Å². The Balaban J connectivity index is 3.23. The highest BCUT2D eigenvalue weighted by atomic mass is 35.5. The van der Waals surface area contributed by atoms with E-state index in [4.69, 9.17) is 22.7 Å². The Labute approximate surface area is 69.7 Å². The van der Waals surface area contributed by atoms with E-state index in [1.54, 1.807) is 19.1 Å². The second kappa shape index (κ2) is 2.88. The van der Waals surface area contributed by atoms with Gasteiger partial charge in [-0.25, -0.2) is 4.98 Å². The largest absolute Gasteiger partial charge is 0.397 e. The second-order valence-electron chi connectivity index (χ2n) is 2.20. The lowest BCUT2D eigenvalue weighted by atomic mass is 10.2. The van der Waals surface area contributed by atoms with Crippen LogP contribution >= 0.6 is 11.6 Å². The number of nitrogens with zero attached hydrogens (tertiary/aromatic N) is 1. The minimum Gasteiger partial charge on any atom is -0.397 e. The van der Waals surface area contributed by atoms with E-state index in [1.807, 2.05) is 0 Å². The van der Waals surface area contributed by atoms with E-state index in [1.165, 1.54) is 0 Å². The molecule has 0 unspecified atom stereocenters. The van der Waals surface area contributed by atoms with Gasteiger partial charge in [0.05, 0.1) is 11.4 Å². The quantitative estimate of drug-likeness (QED) is 0.497. The number of pyridine rings is 1. The van der Waals surface area contributed by atoms with Gasteiger partial charge in [-0.3, -0.25) is 0 Å². The van der Waals surface area contributed by atoms with Gasteiger partial charge >= 0.3 is 0 Å². The van der Waals surface area contributed by atoms with Crippen molar-refractivity contribution in [3.05, 3.63) is 23.0 Å². The average Bonchev–Trinajstić information content (AvgIpc) is 1.94. The zero-order chi connectivity index (χ0) is 8.43. The first-order valence-corrected chi connectivity index (χ1v) is 3.46. The predicted molar refractivity (Wildman–Crippen MR) is 46.2 cm³/mol. The molecule has 4 heteroatoms. The Hall–Kier alpha value is -1.09. The maximum absolute atomic E-state index is 7.27. The summed E-state index contributed by atoms with van der Waals surface area (Å²) in [6, 6.07) is 3.24. The maximum Gasteiger partial charge on any atom is 0.129 e. The van der Waals surface area contributed by atoms with Gasteiger partial charge in [-0.05, 0) is 19.1 Å². The summed E-state index contributed by atoms with van der Waals surface area (Å²) in [5.41, 5.74) is 6.80. The van der Waals surface area contributed by atoms with Crippen molar-refractivity contribution in [3.63, 3.8) is 0 Å². The molecule has 1 aromatic heterocycles. The number of hydrogen-bond acceptors (Lipinski definition) is 3. The monoisotopic (exact) mass is 169 g/mol. The average molecular weight is 170 g/mol. The van der Waals surface area contributed by atoms with E-state index < -0.39 is 0 Å². The van der Waals surface area contributed by atoms with Crippen molar-refractivity contribution in [3.8, 4) is 0 Å². The summed E-state index contributed by atoms with van der Waals surface area (Å²) in [7, 11) is 0. The normalized spacial score (nSPS) is 9.64. The number of hydrogen-bond donors (Lipinski definition) is 2. The number of anilines is 1. The summed E-state index contributed by atoms with van der Waals surface area (Å²) in [6.07, 6.45) is 0. The molecule has 1 heterocycles. The zero-order valence-electron chi connectivity index (χ0n) is 6.06. The summed E-state index contributed by atoms with van der Waals surface area (Å²) in [4.78, 5) is 3.89. The Kier molecular flexibility index (Phi) is 2.10. The Morgan fingerprint density at radius 2 is 2.27 bits per heavy atom. The molecule has 0 amide bonds. The molecule has 0 aromatic carbocycles. The van der Waals surface area contributed by atoms with Crippen LogP contribution < -0.4 is 5.73 Å². The number of nitrogens with one attached hydrogen (secondary N) is 1. The molecule has 0 radical (unpaired) electrons. The van der Waals surface area contributed by atoms with Gasteiger partial charge in [0.15, 0.2) is 0 Å². The second-order valence-corrected chi connectivity index (χ2v) is 2.58. The molecular weight excluding hydrogens is 162 g/mol. The summed E-state index contributed by atoms with van der Waals surface area (Å²) in [5.74, 6) is 0. The molecule has 0 atom stereocenters. The molecule has 0 aliphatic carbocycles.